The van der Waals surface area contributed by atoms with Gasteiger partial charge in [0, 0.05) is 10.2 Å². The maximum Gasteiger partial charge on any atom is 0.262 e. The summed E-state index contributed by atoms with van der Waals surface area (Å²) in [5.74, 6) is 0.368. The molecule has 0 saturated heterocycles. The van der Waals surface area contributed by atoms with Gasteiger partial charge in [-0.3, -0.25) is 9.59 Å². The fourth-order valence-electron chi connectivity index (χ4n) is 2.52. The first-order valence-electron chi connectivity index (χ1n) is 7.84. The number of ether oxygens (including phenoxy) is 2. The molecule has 0 radical (unpaired) electrons. The van der Waals surface area contributed by atoms with Gasteiger partial charge in [-0.25, -0.2) is 0 Å². The Labute approximate surface area is 155 Å². The van der Waals surface area contributed by atoms with Crippen molar-refractivity contribution >= 4 is 33.8 Å². The topological polar surface area (TPSA) is 64.6 Å². The average Bonchev–Trinajstić information content (AvgIpc) is 2.61. The molecule has 0 aliphatic heterocycles. The Morgan fingerprint density at radius 1 is 1.32 bits per heavy atom. The normalized spacial score (nSPS) is 10.2. The first-order valence-corrected chi connectivity index (χ1v) is 8.63. The predicted octanol–water partition coefficient (Wildman–Crippen LogP) is 4.16. The molecule has 0 bridgehead atoms. The molecule has 2 aromatic rings. The second kappa shape index (κ2) is 8.67. The van der Waals surface area contributed by atoms with Crippen LogP contribution in [-0.2, 0) is 11.2 Å². The molecule has 0 fully saturated rings. The Balaban J connectivity index is 2.14. The van der Waals surface area contributed by atoms with E-state index in [9.17, 15) is 9.59 Å². The summed E-state index contributed by atoms with van der Waals surface area (Å²) in [5.41, 5.74) is 3.12. The Hall–Kier alpha value is -2.34. The largest absolute Gasteiger partial charge is 0.493 e. The summed E-state index contributed by atoms with van der Waals surface area (Å²) in [6.45, 7) is 3.74. The van der Waals surface area contributed by atoms with Crippen molar-refractivity contribution in [3.8, 4) is 11.5 Å². The summed E-state index contributed by atoms with van der Waals surface area (Å²) in [7, 11) is 1.48. The van der Waals surface area contributed by atoms with Crippen molar-refractivity contribution < 1.29 is 19.1 Å². The molecule has 2 aromatic carbocycles. The maximum atomic E-state index is 12.3. The summed E-state index contributed by atoms with van der Waals surface area (Å²) in [4.78, 5) is 23.5. The zero-order valence-corrected chi connectivity index (χ0v) is 16.0. The van der Waals surface area contributed by atoms with Crippen LogP contribution < -0.4 is 14.8 Å². The van der Waals surface area contributed by atoms with Crippen LogP contribution in [0.2, 0.25) is 0 Å². The van der Waals surface area contributed by atoms with E-state index in [1.54, 1.807) is 18.2 Å². The van der Waals surface area contributed by atoms with Crippen LogP contribution in [0, 0.1) is 6.92 Å². The Kier molecular flexibility index (Phi) is 6.58. The summed E-state index contributed by atoms with van der Waals surface area (Å²) < 4.78 is 11.7. The van der Waals surface area contributed by atoms with Crippen molar-refractivity contribution in [2.24, 2.45) is 0 Å². The minimum Gasteiger partial charge on any atom is -0.493 e. The van der Waals surface area contributed by atoms with Crippen molar-refractivity contribution in [3.63, 3.8) is 0 Å². The van der Waals surface area contributed by atoms with Gasteiger partial charge in [0.25, 0.3) is 5.91 Å². The lowest BCUT2D eigenvalue weighted by Gasteiger charge is -2.15. The summed E-state index contributed by atoms with van der Waals surface area (Å²) >= 11 is 3.46. The number of carbonyl (C=O) groups excluding carboxylic acids is 2. The first kappa shape index (κ1) is 19.0. The van der Waals surface area contributed by atoms with E-state index in [2.05, 4.69) is 21.2 Å². The molecule has 0 aliphatic rings. The minimum absolute atomic E-state index is 0.222. The van der Waals surface area contributed by atoms with Crippen LogP contribution in [0.25, 0.3) is 0 Å². The fraction of sp³-hybridized carbons (Fsp3) is 0.263. The van der Waals surface area contributed by atoms with Crippen LogP contribution in [0.1, 0.15) is 28.4 Å². The molecule has 0 atom stereocenters. The van der Waals surface area contributed by atoms with E-state index < -0.39 is 0 Å². The van der Waals surface area contributed by atoms with E-state index in [0.29, 0.717) is 17.6 Å². The highest BCUT2D eigenvalue weighted by atomic mass is 79.9. The molecule has 25 heavy (non-hydrogen) atoms. The van der Waals surface area contributed by atoms with Crippen LogP contribution >= 0.6 is 15.9 Å². The molecule has 0 saturated carbocycles. The number of amides is 1. The molecule has 5 nitrogen and oxygen atoms in total. The molecule has 0 spiro atoms. The highest BCUT2D eigenvalue weighted by Crippen LogP contribution is 2.30. The first-order chi connectivity index (χ1) is 12.0. The van der Waals surface area contributed by atoms with Gasteiger partial charge in [0.1, 0.15) is 0 Å². The predicted molar refractivity (Wildman–Crippen MR) is 101 cm³/mol. The molecular formula is C19H20BrNO4. The van der Waals surface area contributed by atoms with Gasteiger partial charge >= 0.3 is 0 Å². The van der Waals surface area contributed by atoms with Crippen molar-refractivity contribution in [1.82, 2.24) is 0 Å². The lowest BCUT2D eigenvalue weighted by molar-refractivity contribution is -0.118. The van der Waals surface area contributed by atoms with Gasteiger partial charge in [0.15, 0.2) is 24.4 Å². The fourth-order valence-corrected chi connectivity index (χ4v) is 3.14. The van der Waals surface area contributed by atoms with E-state index in [1.807, 2.05) is 26.0 Å². The van der Waals surface area contributed by atoms with Gasteiger partial charge in [-0.2, -0.15) is 0 Å². The number of carbonyl (C=O) groups is 2. The number of benzene rings is 2. The third-order valence-corrected chi connectivity index (χ3v) is 4.19. The van der Waals surface area contributed by atoms with Crippen molar-refractivity contribution in [2.75, 3.05) is 19.0 Å². The van der Waals surface area contributed by atoms with Crippen LogP contribution in [-0.4, -0.2) is 25.9 Å². The zero-order chi connectivity index (χ0) is 18.4. The number of para-hydroxylation sites is 1. The van der Waals surface area contributed by atoms with Crippen LogP contribution in [0.15, 0.2) is 34.8 Å². The number of aryl methyl sites for hydroxylation is 2. The van der Waals surface area contributed by atoms with Crippen molar-refractivity contribution in [3.05, 3.63) is 51.5 Å². The van der Waals surface area contributed by atoms with Gasteiger partial charge in [-0.05, 0) is 48.7 Å². The van der Waals surface area contributed by atoms with E-state index in [1.165, 1.54) is 7.11 Å². The SMILES string of the molecule is CCc1cc(Br)cc(C)c1NC(=O)COc1c(C=O)cccc1OC. The number of rotatable bonds is 7. The number of hydrogen-bond acceptors (Lipinski definition) is 4. The van der Waals surface area contributed by atoms with Gasteiger partial charge in [-0.15, -0.1) is 0 Å². The summed E-state index contributed by atoms with van der Waals surface area (Å²) in [6, 6.07) is 8.90. The third-order valence-electron chi connectivity index (χ3n) is 3.73. The number of aldehydes is 1. The second-order valence-electron chi connectivity index (χ2n) is 5.44. The number of halogens is 1. The molecule has 2 rings (SSSR count). The van der Waals surface area contributed by atoms with Gasteiger partial charge < -0.3 is 14.8 Å². The Morgan fingerprint density at radius 2 is 2.08 bits per heavy atom. The van der Waals surface area contributed by atoms with Crippen molar-refractivity contribution in [2.45, 2.75) is 20.3 Å². The maximum absolute atomic E-state index is 12.3. The molecule has 0 unspecified atom stereocenters. The van der Waals surface area contributed by atoms with Crippen molar-refractivity contribution in [1.29, 1.82) is 0 Å². The van der Waals surface area contributed by atoms with E-state index in [0.717, 1.165) is 27.7 Å². The highest BCUT2D eigenvalue weighted by Gasteiger charge is 2.14. The number of nitrogens with one attached hydrogen (secondary N) is 1. The molecule has 0 aromatic heterocycles. The second-order valence-corrected chi connectivity index (χ2v) is 6.36. The molecule has 0 aliphatic carbocycles. The number of methoxy groups -OCH3 is 1. The van der Waals surface area contributed by atoms with Crippen LogP contribution in [0.5, 0.6) is 11.5 Å². The summed E-state index contributed by atoms with van der Waals surface area (Å²) in [5, 5.41) is 2.89. The van der Waals surface area contributed by atoms with E-state index >= 15 is 0 Å². The number of hydrogen-bond donors (Lipinski definition) is 1. The lowest BCUT2D eigenvalue weighted by Crippen LogP contribution is -2.22. The summed E-state index contributed by atoms with van der Waals surface area (Å²) in [6.07, 6.45) is 1.46. The quantitative estimate of drug-likeness (QED) is 0.702. The van der Waals surface area contributed by atoms with Crippen LogP contribution in [0.4, 0.5) is 5.69 Å². The zero-order valence-electron chi connectivity index (χ0n) is 14.4. The standard InChI is InChI=1S/C19H20BrNO4/c1-4-13-9-15(20)8-12(2)18(13)21-17(23)11-25-19-14(10-22)6-5-7-16(19)24-3/h5-10H,4,11H2,1-3H3,(H,21,23). The molecule has 1 N–H and O–H groups in total. The number of anilines is 1. The van der Waals surface area contributed by atoms with E-state index in [-0.39, 0.29) is 18.3 Å². The van der Waals surface area contributed by atoms with Gasteiger partial charge in [0.05, 0.1) is 12.7 Å². The molecule has 1 amide bonds. The molecule has 0 heterocycles. The Morgan fingerprint density at radius 3 is 2.72 bits per heavy atom. The van der Waals surface area contributed by atoms with Crippen LogP contribution in [0.3, 0.4) is 0 Å². The van der Waals surface area contributed by atoms with Gasteiger partial charge in [0.2, 0.25) is 0 Å². The molecule has 132 valence electrons. The van der Waals surface area contributed by atoms with Gasteiger partial charge in [-0.1, -0.05) is 28.9 Å². The van der Waals surface area contributed by atoms with E-state index in [4.69, 9.17) is 9.47 Å². The smallest absolute Gasteiger partial charge is 0.262 e. The average molecular weight is 406 g/mol. The minimum atomic E-state index is -0.303. The molecule has 6 heteroatoms. The molecular weight excluding hydrogens is 386 g/mol. The lowest BCUT2D eigenvalue weighted by atomic mass is 10.1. The Bertz CT molecular complexity index is 789. The third kappa shape index (κ3) is 4.60. The highest BCUT2D eigenvalue weighted by molar-refractivity contribution is 9.10. The monoisotopic (exact) mass is 405 g/mol.